The minimum absolute atomic E-state index is 0.0323. The summed E-state index contributed by atoms with van der Waals surface area (Å²) in [6, 6.07) is 7.41. The molecule has 0 aliphatic carbocycles. The number of hydrogen-bond donors (Lipinski definition) is 1. The lowest BCUT2D eigenvalue weighted by Gasteiger charge is -2.17. The van der Waals surface area contributed by atoms with E-state index in [9.17, 15) is 4.79 Å². The van der Waals surface area contributed by atoms with Crippen LogP contribution in [0.15, 0.2) is 24.3 Å². The normalized spacial score (nSPS) is 10.3. The molecule has 106 valence electrons. The summed E-state index contributed by atoms with van der Waals surface area (Å²) >= 11 is 0. The molecule has 1 aromatic rings. The summed E-state index contributed by atoms with van der Waals surface area (Å²) in [6.45, 7) is 4.23. The summed E-state index contributed by atoms with van der Waals surface area (Å²) in [6.07, 6.45) is 0. The summed E-state index contributed by atoms with van der Waals surface area (Å²) in [4.78, 5) is 13.4. The molecule has 0 bridgehead atoms. The van der Waals surface area contributed by atoms with Crippen molar-refractivity contribution in [3.63, 3.8) is 0 Å². The van der Waals surface area contributed by atoms with Crippen LogP contribution in [-0.2, 0) is 16.1 Å². The second-order valence-electron chi connectivity index (χ2n) is 4.15. The van der Waals surface area contributed by atoms with Crippen LogP contribution in [-0.4, -0.2) is 44.2 Å². The van der Waals surface area contributed by atoms with Crippen molar-refractivity contribution >= 4 is 5.91 Å². The number of rotatable bonds is 8. The monoisotopic (exact) mass is 266 g/mol. The van der Waals surface area contributed by atoms with Crippen molar-refractivity contribution in [1.82, 2.24) is 4.90 Å². The number of hydrogen-bond acceptors (Lipinski definition) is 4. The first-order valence-corrected chi connectivity index (χ1v) is 6.41. The van der Waals surface area contributed by atoms with Gasteiger partial charge in [0.2, 0.25) is 0 Å². The zero-order valence-corrected chi connectivity index (χ0v) is 11.6. The van der Waals surface area contributed by atoms with Crippen molar-refractivity contribution in [2.75, 3.05) is 33.4 Å². The average Bonchev–Trinajstić information content (AvgIpc) is 2.45. The smallest absolute Gasteiger partial charge is 0.260 e. The van der Waals surface area contributed by atoms with Crippen LogP contribution < -0.4 is 10.5 Å². The second kappa shape index (κ2) is 8.50. The number of nitrogens with zero attached hydrogens (tertiary/aromatic N) is 1. The van der Waals surface area contributed by atoms with Crippen molar-refractivity contribution in [2.45, 2.75) is 13.5 Å². The molecule has 0 unspecified atom stereocenters. The maximum atomic E-state index is 11.8. The van der Waals surface area contributed by atoms with Crippen LogP contribution in [0.4, 0.5) is 0 Å². The highest BCUT2D eigenvalue weighted by molar-refractivity contribution is 5.77. The summed E-state index contributed by atoms with van der Waals surface area (Å²) in [7, 11) is 1.74. The van der Waals surface area contributed by atoms with E-state index >= 15 is 0 Å². The van der Waals surface area contributed by atoms with Crippen molar-refractivity contribution in [1.29, 1.82) is 0 Å². The number of amides is 1. The van der Waals surface area contributed by atoms with Gasteiger partial charge in [-0.05, 0) is 24.6 Å². The quantitative estimate of drug-likeness (QED) is 0.713. The molecule has 0 radical (unpaired) electrons. The highest BCUT2D eigenvalue weighted by Crippen LogP contribution is 2.11. The minimum Gasteiger partial charge on any atom is -0.484 e. The fourth-order valence-corrected chi connectivity index (χ4v) is 1.45. The fraction of sp³-hybridized carbons (Fsp3) is 0.500. The van der Waals surface area contributed by atoms with Gasteiger partial charge in [-0.1, -0.05) is 12.1 Å². The SMILES string of the molecule is CCOCCN(C)C(=O)COc1ccc(CN)cc1. The molecule has 19 heavy (non-hydrogen) atoms. The van der Waals surface area contributed by atoms with Gasteiger partial charge in [-0.2, -0.15) is 0 Å². The molecule has 5 nitrogen and oxygen atoms in total. The average molecular weight is 266 g/mol. The van der Waals surface area contributed by atoms with Gasteiger partial charge in [0.25, 0.3) is 5.91 Å². The van der Waals surface area contributed by atoms with Crippen LogP contribution in [0.3, 0.4) is 0 Å². The standard InChI is InChI=1S/C14H22N2O3/c1-3-18-9-8-16(2)14(17)11-19-13-6-4-12(10-15)5-7-13/h4-7H,3,8-11,15H2,1-2H3. The van der Waals surface area contributed by atoms with Crippen molar-refractivity contribution < 1.29 is 14.3 Å². The molecule has 0 aliphatic heterocycles. The molecule has 1 aromatic carbocycles. The molecule has 0 heterocycles. The number of nitrogens with two attached hydrogens (primary N) is 1. The van der Waals surface area contributed by atoms with Crippen LogP contribution in [0.1, 0.15) is 12.5 Å². The summed E-state index contributed by atoms with van der Waals surface area (Å²) < 4.78 is 10.6. The lowest BCUT2D eigenvalue weighted by atomic mass is 10.2. The van der Waals surface area contributed by atoms with Crippen molar-refractivity contribution in [2.24, 2.45) is 5.73 Å². The van der Waals surface area contributed by atoms with Gasteiger partial charge in [0.05, 0.1) is 6.61 Å². The van der Waals surface area contributed by atoms with E-state index < -0.39 is 0 Å². The zero-order chi connectivity index (χ0) is 14.1. The molecule has 1 rings (SSSR count). The van der Waals surface area contributed by atoms with Crippen LogP contribution in [0.2, 0.25) is 0 Å². The first-order valence-electron chi connectivity index (χ1n) is 6.41. The second-order valence-corrected chi connectivity index (χ2v) is 4.15. The third-order valence-corrected chi connectivity index (χ3v) is 2.72. The summed E-state index contributed by atoms with van der Waals surface area (Å²) in [5, 5.41) is 0. The van der Waals surface area contributed by atoms with E-state index in [1.807, 2.05) is 31.2 Å². The number of carbonyl (C=O) groups excluding carboxylic acids is 1. The number of likely N-dealkylation sites (N-methyl/N-ethyl adjacent to an activating group) is 1. The molecule has 0 aromatic heterocycles. The Morgan fingerprint density at radius 2 is 2.00 bits per heavy atom. The zero-order valence-electron chi connectivity index (χ0n) is 11.6. The van der Waals surface area contributed by atoms with Gasteiger partial charge in [-0.25, -0.2) is 0 Å². The van der Waals surface area contributed by atoms with Crippen LogP contribution in [0, 0.1) is 0 Å². The molecule has 0 fully saturated rings. The summed E-state index contributed by atoms with van der Waals surface area (Å²) in [5.74, 6) is 0.603. The maximum Gasteiger partial charge on any atom is 0.260 e. The Morgan fingerprint density at radius 1 is 1.32 bits per heavy atom. The first kappa shape index (κ1) is 15.5. The molecular weight excluding hydrogens is 244 g/mol. The molecule has 1 amide bonds. The Hall–Kier alpha value is -1.59. The van der Waals surface area contributed by atoms with Gasteiger partial charge in [0.15, 0.2) is 6.61 Å². The molecule has 2 N–H and O–H groups in total. The van der Waals surface area contributed by atoms with E-state index in [1.54, 1.807) is 11.9 Å². The van der Waals surface area contributed by atoms with Crippen molar-refractivity contribution in [3.05, 3.63) is 29.8 Å². The van der Waals surface area contributed by atoms with Crippen LogP contribution in [0.25, 0.3) is 0 Å². The maximum absolute atomic E-state index is 11.8. The molecule has 0 atom stereocenters. The highest BCUT2D eigenvalue weighted by Gasteiger charge is 2.09. The predicted octanol–water partition coefficient (Wildman–Crippen LogP) is 1.02. The summed E-state index contributed by atoms with van der Waals surface area (Å²) in [5.41, 5.74) is 6.54. The van der Waals surface area contributed by atoms with E-state index in [4.69, 9.17) is 15.2 Å². The van der Waals surface area contributed by atoms with E-state index in [2.05, 4.69) is 0 Å². The molecule has 0 spiro atoms. The Labute approximate surface area is 114 Å². The third-order valence-electron chi connectivity index (χ3n) is 2.72. The largest absolute Gasteiger partial charge is 0.484 e. The van der Waals surface area contributed by atoms with Gasteiger partial charge in [0, 0.05) is 26.7 Å². The topological polar surface area (TPSA) is 64.8 Å². The van der Waals surface area contributed by atoms with Gasteiger partial charge in [-0.3, -0.25) is 4.79 Å². The number of ether oxygens (including phenoxy) is 2. The predicted molar refractivity (Wildman–Crippen MR) is 74.0 cm³/mol. The Kier molecular flexibility index (Phi) is 6.92. The first-order chi connectivity index (χ1) is 9.17. The Bertz CT molecular complexity index is 379. The van der Waals surface area contributed by atoms with E-state index in [0.717, 1.165) is 5.56 Å². The number of benzene rings is 1. The Balaban J connectivity index is 2.32. The lowest BCUT2D eigenvalue weighted by Crippen LogP contribution is -2.34. The van der Waals surface area contributed by atoms with Gasteiger partial charge in [-0.15, -0.1) is 0 Å². The number of carbonyl (C=O) groups is 1. The Morgan fingerprint density at radius 3 is 2.58 bits per heavy atom. The van der Waals surface area contributed by atoms with E-state index in [1.165, 1.54) is 0 Å². The third kappa shape index (κ3) is 5.72. The molecule has 0 aliphatic rings. The van der Waals surface area contributed by atoms with Gasteiger partial charge in [0.1, 0.15) is 5.75 Å². The van der Waals surface area contributed by atoms with Gasteiger partial charge >= 0.3 is 0 Å². The highest BCUT2D eigenvalue weighted by atomic mass is 16.5. The molecule has 0 saturated carbocycles. The molecule has 0 saturated heterocycles. The lowest BCUT2D eigenvalue weighted by molar-refractivity contribution is -0.132. The van der Waals surface area contributed by atoms with Gasteiger partial charge < -0.3 is 20.1 Å². The van der Waals surface area contributed by atoms with Crippen molar-refractivity contribution in [3.8, 4) is 5.75 Å². The van der Waals surface area contributed by atoms with Crippen LogP contribution in [0.5, 0.6) is 5.75 Å². The van der Waals surface area contributed by atoms with E-state index in [-0.39, 0.29) is 12.5 Å². The van der Waals surface area contributed by atoms with Crippen LogP contribution >= 0.6 is 0 Å². The molecule has 5 heteroatoms. The fourth-order valence-electron chi connectivity index (χ4n) is 1.45. The molecular formula is C14H22N2O3. The van der Waals surface area contributed by atoms with E-state index in [0.29, 0.717) is 32.1 Å². The minimum atomic E-state index is -0.0670.